The molecule has 7 N–H and O–H groups in total. The Balaban J connectivity index is 0.000000283. The Morgan fingerprint density at radius 3 is 2.36 bits per heavy atom. The van der Waals surface area contributed by atoms with Gasteiger partial charge >= 0.3 is 94.4 Å². The summed E-state index contributed by atoms with van der Waals surface area (Å²) in [6, 6.07) is 2.89. The van der Waals surface area contributed by atoms with Gasteiger partial charge in [-0.3, -0.25) is 0 Å². The second-order valence-electron chi connectivity index (χ2n) is 5.69. The fraction of sp³-hybridized carbons (Fsp3) is 0.308. The van der Waals surface area contributed by atoms with Crippen molar-refractivity contribution in [3.8, 4) is 0 Å². The Labute approximate surface area is 162 Å². The van der Waals surface area contributed by atoms with Crippen LogP contribution in [0.1, 0.15) is 12.7 Å². The first-order valence-electron chi connectivity index (χ1n) is 7.47. The number of primary sulfonamides is 1. The number of nitrogens with zero attached hydrogens (tertiary/aromatic N) is 3. The summed E-state index contributed by atoms with van der Waals surface area (Å²) in [5.74, 6) is 0.450. The molecule has 0 aliphatic heterocycles. The van der Waals surface area contributed by atoms with Gasteiger partial charge in [0.05, 0.1) is 6.10 Å². The minimum absolute atomic E-state index is 0.0848. The molecule has 1 heterocycles. The molecular formula is C13H20AsN5O8S. The molecule has 0 saturated carbocycles. The molecule has 1 unspecified atom stereocenters. The van der Waals surface area contributed by atoms with E-state index in [1.54, 1.807) is 13.8 Å². The van der Waals surface area contributed by atoms with E-state index >= 15 is 0 Å². The van der Waals surface area contributed by atoms with Gasteiger partial charge < -0.3 is 15.2 Å². The van der Waals surface area contributed by atoms with Crippen molar-refractivity contribution >= 4 is 40.1 Å². The molecule has 28 heavy (non-hydrogen) atoms. The van der Waals surface area contributed by atoms with Gasteiger partial charge in [0.2, 0.25) is 0 Å². The number of nitrogen functional groups attached to an aromatic ring is 1. The van der Waals surface area contributed by atoms with Gasteiger partial charge in [-0.1, -0.05) is 0 Å². The molecule has 156 valence electrons. The molecule has 1 aromatic heterocycles. The number of benzene rings is 1. The van der Waals surface area contributed by atoms with Crippen molar-refractivity contribution in [3.05, 3.63) is 40.3 Å². The Kier molecular flexibility index (Phi) is 7.53. The topological polar surface area (TPSA) is 225 Å². The van der Waals surface area contributed by atoms with Crippen molar-refractivity contribution in [2.45, 2.75) is 31.4 Å². The number of hydrogen-bond donors (Lipinski definition) is 5. The Hall–Kier alpha value is -2.22. The van der Waals surface area contributed by atoms with Crippen LogP contribution in [0.2, 0.25) is 0 Å². The van der Waals surface area contributed by atoms with Crippen LogP contribution in [0, 0.1) is 17.0 Å². The number of aromatic nitrogens is 2. The quantitative estimate of drug-likeness (QED) is 0.136. The van der Waals surface area contributed by atoms with Crippen LogP contribution in [-0.2, 0) is 20.3 Å². The zero-order valence-corrected chi connectivity index (χ0v) is 17.5. The van der Waals surface area contributed by atoms with E-state index in [4.69, 9.17) is 24.2 Å². The molecule has 1 atom stereocenters. The van der Waals surface area contributed by atoms with Crippen molar-refractivity contribution < 1.29 is 30.4 Å². The Bertz CT molecular complexity index is 1010. The molecule has 2 aromatic rings. The van der Waals surface area contributed by atoms with Crippen molar-refractivity contribution in [1.29, 1.82) is 0 Å². The summed E-state index contributed by atoms with van der Waals surface area (Å²) in [7, 11) is -3.91. The van der Waals surface area contributed by atoms with Crippen molar-refractivity contribution in [1.82, 2.24) is 9.55 Å². The number of nitro groups is 1. The summed E-state index contributed by atoms with van der Waals surface area (Å²) in [4.78, 5) is 13.5. The van der Waals surface area contributed by atoms with Crippen LogP contribution in [0.3, 0.4) is 0 Å². The molecule has 15 heteroatoms. The normalized spacial score (nSPS) is 12.8. The number of anilines is 1. The molecule has 2 rings (SSSR count). The van der Waals surface area contributed by atoms with Crippen LogP contribution >= 0.6 is 0 Å². The minimum atomic E-state index is -5.11. The summed E-state index contributed by atoms with van der Waals surface area (Å²) >= 11 is -5.11. The van der Waals surface area contributed by atoms with Crippen LogP contribution in [0.4, 0.5) is 11.5 Å². The van der Waals surface area contributed by atoms with Gasteiger partial charge in [0.15, 0.2) is 5.82 Å². The van der Waals surface area contributed by atoms with E-state index in [1.165, 1.54) is 10.8 Å². The molecule has 0 aliphatic rings. The zero-order chi connectivity index (χ0) is 21.9. The molecule has 13 nitrogen and oxygen atoms in total. The second kappa shape index (κ2) is 8.85. The molecule has 0 bridgehead atoms. The van der Waals surface area contributed by atoms with E-state index in [0.29, 0.717) is 5.82 Å². The predicted molar refractivity (Wildman–Crippen MR) is 98.0 cm³/mol. The SMILES string of the molecule is Cc1ncc([N+](=O)[O-])n1CC(C)O.Nc1cc(S(N)(=O)=O)ccc1[As](=O)(O)O. The van der Waals surface area contributed by atoms with E-state index in [-0.39, 0.29) is 27.3 Å². The molecule has 1 aromatic carbocycles. The third-order valence-corrected chi connectivity index (χ3v) is 6.39. The van der Waals surface area contributed by atoms with Gasteiger partial charge in [0, 0.05) is 6.92 Å². The van der Waals surface area contributed by atoms with Crippen LogP contribution in [-0.4, -0.2) is 56.5 Å². The number of imidazole rings is 1. The summed E-state index contributed by atoms with van der Waals surface area (Å²) < 4.78 is 51.4. The van der Waals surface area contributed by atoms with E-state index < -0.39 is 35.2 Å². The van der Waals surface area contributed by atoms with Gasteiger partial charge in [-0.2, -0.15) is 0 Å². The number of aryl methyl sites for hydroxylation is 1. The average Bonchev–Trinajstić information content (AvgIpc) is 2.86. The summed E-state index contributed by atoms with van der Waals surface area (Å²) in [6.45, 7) is 3.43. The first-order chi connectivity index (χ1) is 12.6. The van der Waals surface area contributed by atoms with Crippen LogP contribution in [0.15, 0.2) is 29.3 Å². The summed E-state index contributed by atoms with van der Waals surface area (Å²) in [6.07, 6.45) is 0.573. The van der Waals surface area contributed by atoms with Crippen LogP contribution in [0.25, 0.3) is 0 Å². The number of aliphatic hydroxyl groups excluding tert-OH is 1. The van der Waals surface area contributed by atoms with Gasteiger partial charge in [-0.15, -0.1) is 0 Å². The third-order valence-electron chi connectivity index (χ3n) is 3.31. The van der Waals surface area contributed by atoms with Gasteiger partial charge in [-0.05, 0) is 11.8 Å². The van der Waals surface area contributed by atoms with E-state index in [0.717, 1.165) is 18.2 Å². The first kappa shape index (κ1) is 23.8. The molecule has 0 saturated heterocycles. The number of aliphatic hydroxyl groups is 1. The Morgan fingerprint density at radius 1 is 1.39 bits per heavy atom. The second-order valence-corrected chi connectivity index (χ2v) is 10.5. The van der Waals surface area contributed by atoms with Gasteiger partial charge in [0.1, 0.15) is 12.7 Å². The maximum atomic E-state index is 10.9. The number of rotatable bonds is 5. The molecule has 0 amide bonds. The molecule has 0 fully saturated rings. The Morgan fingerprint density at radius 2 is 1.96 bits per heavy atom. The van der Waals surface area contributed by atoms with Gasteiger partial charge in [0.25, 0.3) is 0 Å². The van der Waals surface area contributed by atoms with Crippen molar-refractivity contribution in [2.75, 3.05) is 5.73 Å². The monoisotopic (exact) mass is 481 g/mol. The molecule has 0 spiro atoms. The van der Waals surface area contributed by atoms with Gasteiger partial charge in [-0.25, -0.2) is 9.55 Å². The van der Waals surface area contributed by atoms with E-state index in [2.05, 4.69) is 4.98 Å². The fourth-order valence-electron chi connectivity index (χ4n) is 2.07. The third kappa shape index (κ3) is 6.44. The van der Waals surface area contributed by atoms with Crippen LogP contribution in [0.5, 0.6) is 0 Å². The molecular weight excluding hydrogens is 461 g/mol. The maximum absolute atomic E-state index is 10.9. The zero-order valence-electron chi connectivity index (χ0n) is 14.8. The summed E-state index contributed by atoms with van der Waals surface area (Å²) in [5.41, 5.74) is 5.02. The van der Waals surface area contributed by atoms with Crippen molar-refractivity contribution in [2.24, 2.45) is 5.14 Å². The van der Waals surface area contributed by atoms with Crippen molar-refractivity contribution in [3.63, 3.8) is 0 Å². The standard InChI is InChI=1S/C7H11N3O3.C6H9AsN2O5S/c1-5(11)4-9-6(2)8-3-7(9)10(12)13;8-6-3-4(15(9,13)14)1-2-5(6)7(10,11)12/h3,5,11H,4H2,1-2H3;1-3H,8H2,(H2,9,13,14)(H2,10,11,12). The fourth-order valence-corrected chi connectivity index (χ4v) is 4.02. The average molecular weight is 481 g/mol. The van der Waals surface area contributed by atoms with E-state index in [9.17, 15) is 22.3 Å². The predicted octanol–water partition coefficient (Wildman–Crippen LogP) is -2.04. The number of sulfonamides is 1. The molecule has 0 radical (unpaired) electrons. The van der Waals surface area contributed by atoms with E-state index in [1.807, 2.05) is 0 Å². The number of nitrogens with two attached hydrogens (primary N) is 2. The summed E-state index contributed by atoms with van der Waals surface area (Å²) in [5, 5.41) is 24.4. The molecule has 0 aliphatic carbocycles. The van der Waals surface area contributed by atoms with Crippen LogP contribution < -0.4 is 15.2 Å². The first-order valence-corrected chi connectivity index (χ1v) is 12.4. The number of hydrogen-bond acceptors (Lipinski definition) is 8.